The maximum Gasteiger partial charge on any atom is 0.236 e. The van der Waals surface area contributed by atoms with E-state index in [0.29, 0.717) is 26.2 Å². The second-order valence-corrected chi connectivity index (χ2v) is 9.01. The number of thiazole rings is 1. The van der Waals surface area contributed by atoms with Crippen LogP contribution in [0.2, 0.25) is 10.0 Å². The van der Waals surface area contributed by atoms with Crippen molar-refractivity contribution >= 4 is 68.7 Å². The molecule has 3 aromatic heterocycles. The topological polar surface area (TPSA) is 83.6 Å². The highest BCUT2D eigenvalue weighted by Crippen LogP contribution is 2.30. The predicted molar refractivity (Wildman–Crippen MR) is 117 cm³/mol. The molecule has 28 heavy (non-hydrogen) atoms. The number of benzene rings is 1. The number of rotatable bonds is 6. The van der Waals surface area contributed by atoms with Crippen molar-refractivity contribution in [3.05, 3.63) is 51.1 Å². The number of carbonyl (C=O) groups is 1. The summed E-state index contributed by atoms with van der Waals surface area (Å²) in [6, 6.07) is 9.20. The number of hydrogen-bond acceptors (Lipinski definition) is 7. The van der Waals surface area contributed by atoms with E-state index in [0.717, 1.165) is 16.1 Å². The summed E-state index contributed by atoms with van der Waals surface area (Å²) in [6.45, 7) is 0. The van der Waals surface area contributed by atoms with Crippen molar-refractivity contribution in [3.63, 3.8) is 0 Å². The smallest absolute Gasteiger partial charge is 0.236 e. The third kappa shape index (κ3) is 4.56. The average Bonchev–Trinajstić information content (AvgIpc) is 3.43. The normalized spacial score (nSPS) is 10.9. The van der Waals surface area contributed by atoms with E-state index < -0.39 is 0 Å². The maximum atomic E-state index is 12.2. The van der Waals surface area contributed by atoms with Crippen molar-refractivity contribution in [1.82, 2.24) is 20.2 Å². The summed E-state index contributed by atoms with van der Waals surface area (Å²) in [5.74, 6) is 0.704. The van der Waals surface area contributed by atoms with Crippen LogP contribution in [-0.2, 0) is 4.79 Å². The Hall–Kier alpha value is -1.91. The fourth-order valence-electron chi connectivity index (χ4n) is 2.24. The average molecular weight is 468 g/mol. The van der Waals surface area contributed by atoms with Crippen LogP contribution in [0.5, 0.6) is 0 Å². The van der Waals surface area contributed by atoms with Gasteiger partial charge in [0, 0.05) is 10.9 Å². The van der Waals surface area contributed by atoms with Gasteiger partial charge >= 0.3 is 0 Å². The SMILES string of the molecule is O=C(CSc1n[nH]c(-c2cccs2)n1)Nc1nc(-c2ccc(Cl)c(Cl)c2)cs1. The van der Waals surface area contributed by atoms with E-state index in [9.17, 15) is 4.79 Å². The highest BCUT2D eigenvalue weighted by molar-refractivity contribution is 7.99. The molecule has 0 saturated carbocycles. The molecule has 0 atom stereocenters. The number of anilines is 1. The fraction of sp³-hybridized carbons (Fsp3) is 0.0588. The third-order valence-corrected chi connectivity index (χ3v) is 6.74. The minimum Gasteiger partial charge on any atom is -0.301 e. The van der Waals surface area contributed by atoms with Gasteiger partial charge in [0.1, 0.15) is 0 Å². The summed E-state index contributed by atoms with van der Waals surface area (Å²) < 4.78 is 0. The number of thiophene rings is 1. The fourth-order valence-corrected chi connectivity index (χ4v) is 4.54. The monoisotopic (exact) mass is 467 g/mol. The van der Waals surface area contributed by atoms with Gasteiger partial charge in [-0.2, -0.15) is 0 Å². The molecule has 0 unspecified atom stereocenters. The number of amides is 1. The lowest BCUT2D eigenvalue weighted by atomic mass is 10.2. The molecule has 6 nitrogen and oxygen atoms in total. The first-order valence-electron chi connectivity index (χ1n) is 7.88. The number of thioether (sulfide) groups is 1. The Kier molecular flexibility index (Phi) is 5.98. The Balaban J connectivity index is 1.34. The van der Waals surface area contributed by atoms with Gasteiger partial charge in [0.05, 0.1) is 26.4 Å². The summed E-state index contributed by atoms with van der Waals surface area (Å²) in [7, 11) is 0. The van der Waals surface area contributed by atoms with E-state index in [-0.39, 0.29) is 11.7 Å². The van der Waals surface area contributed by atoms with Gasteiger partial charge < -0.3 is 5.32 Å². The Morgan fingerprint density at radius 2 is 2.07 bits per heavy atom. The van der Waals surface area contributed by atoms with Crippen LogP contribution in [0.1, 0.15) is 0 Å². The van der Waals surface area contributed by atoms with Gasteiger partial charge in [-0.3, -0.25) is 9.89 Å². The quantitative estimate of drug-likeness (QED) is 0.355. The summed E-state index contributed by atoms with van der Waals surface area (Å²) in [4.78, 5) is 22.0. The second kappa shape index (κ2) is 8.62. The number of nitrogens with one attached hydrogen (secondary N) is 2. The van der Waals surface area contributed by atoms with Crippen molar-refractivity contribution in [2.45, 2.75) is 5.16 Å². The number of hydrogen-bond donors (Lipinski definition) is 2. The van der Waals surface area contributed by atoms with E-state index in [1.807, 2.05) is 29.0 Å². The van der Waals surface area contributed by atoms with E-state index in [4.69, 9.17) is 23.2 Å². The number of aromatic nitrogens is 4. The molecule has 4 aromatic rings. The molecule has 0 saturated heterocycles. The van der Waals surface area contributed by atoms with Gasteiger partial charge in [-0.25, -0.2) is 9.97 Å². The van der Waals surface area contributed by atoms with E-state index in [1.54, 1.807) is 23.5 Å². The van der Waals surface area contributed by atoms with E-state index in [1.165, 1.54) is 23.1 Å². The molecule has 3 heterocycles. The number of H-pyrrole nitrogens is 1. The van der Waals surface area contributed by atoms with E-state index in [2.05, 4.69) is 25.5 Å². The van der Waals surface area contributed by atoms with Crippen LogP contribution in [0.15, 0.2) is 46.2 Å². The molecule has 2 N–H and O–H groups in total. The Labute approximate surface area is 182 Å². The highest BCUT2D eigenvalue weighted by Gasteiger charge is 2.12. The van der Waals surface area contributed by atoms with Crippen LogP contribution in [0.4, 0.5) is 5.13 Å². The van der Waals surface area contributed by atoms with Gasteiger partial charge in [0.2, 0.25) is 11.1 Å². The summed E-state index contributed by atoms with van der Waals surface area (Å²) in [5.41, 5.74) is 1.56. The van der Waals surface area contributed by atoms with Crippen molar-refractivity contribution in [1.29, 1.82) is 0 Å². The molecule has 142 valence electrons. The first-order chi connectivity index (χ1) is 13.6. The predicted octanol–water partition coefficient (Wildman–Crippen LogP) is 5.69. The first-order valence-corrected chi connectivity index (χ1v) is 11.4. The Morgan fingerprint density at radius 3 is 2.86 bits per heavy atom. The largest absolute Gasteiger partial charge is 0.301 e. The third-order valence-electron chi connectivity index (χ3n) is 3.52. The zero-order valence-electron chi connectivity index (χ0n) is 14.0. The number of aromatic amines is 1. The molecule has 1 amide bonds. The molecule has 1 aromatic carbocycles. The van der Waals surface area contributed by atoms with Crippen LogP contribution in [0.25, 0.3) is 22.0 Å². The van der Waals surface area contributed by atoms with Crippen LogP contribution in [0, 0.1) is 0 Å². The van der Waals surface area contributed by atoms with Gasteiger partial charge in [0.15, 0.2) is 11.0 Å². The number of halogens is 2. The Bertz CT molecular complexity index is 1110. The van der Waals surface area contributed by atoms with Gasteiger partial charge in [-0.05, 0) is 23.6 Å². The first kappa shape index (κ1) is 19.4. The molecular weight excluding hydrogens is 457 g/mol. The molecule has 0 spiro atoms. The highest BCUT2D eigenvalue weighted by atomic mass is 35.5. The molecule has 0 aliphatic heterocycles. The standard InChI is InChI=1S/C17H11Cl2N5OS3/c18-10-4-3-9(6-11(10)19)12-7-27-16(20-12)21-14(25)8-28-17-22-15(23-24-17)13-2-1-5-26-13/h1-7H,8H2,(H,20,21,25)(H,22,23,24). The lowest BCUT2D eigenvalue weighted by Gasteiger charge is -2.01. The molecule has 0 fully saturated rings. The molecular formula is C17H11Cl2N5OS3. The van der Waals surface area contributed by atoms with E-state index >= 15 is 0 Å². The molecule has 0 aliphatic rings. The molecule has 4 rings (SSSR count). The summed E-state index contributed by atoms with van der Waals surface area (Å²) >= 11 is 16.2. The summed E-state index contributed by atoms with van der Waals surface area (Å²) in [6.07, 6.45) is 0. The second-order valence-electron chi connectivity index (χ2n) is 5.45. The molecule has 0 bridgehead atoms. The molecule has 0 aliphatic carbocycles. The zero-order chi connectivity index (χ0) is 19.5. The van der Waals surface area contributed by atoms with Crippen molar-refractivity contribution in [3.8, 4) is 22.0 Å². The zero-order valence-corrected chi connectivity index (χ0v) is 17.9. The van der Waals surface area contributed by atoms with Crippen LogP contribution in [-0.4, -0.2) is 31.8 Å². The van der Waals surface area contributed by atoms with Crippen molar-refractivity contribution < 1.29 is 4.79 Å². The minimum atomic E-state index is -0.178. The van der Waals surface area contributed by atoms with Crippen LogP contribution >= 0.6 is 57.6 Å². The van der Waals surface area contributed by atoms with Crippen LogP contribution < -0.4 is 5.32 Å². The lowest BCUT2D eigenvalue weighted by Crippen LogP contribution is -2.13. The van der Waals surface area contributed by atoms with Crippen molar-refractivity contribution in [2.75, 3.05) is 11.1 Å². The number of nitrogens with zero attached hydrogens (tertiary/aromatic N) is 3. The molecule has 11 heteroatoms. The Morgan fingerprint density at radius 1 is 1.18 bits per heavy atom. The van der Waals surface area contributed by atoms with Crippen LogP contribution in [0.3, 0.4) is 0 Å². The number of carbonyl (C=O) groups excluding carboxylic acids is 1. The van der Waals surface area contributed by atoms with Gasteiger partial charge in [-0.15, -0.1) is 27.8 Å². The maximum absolute atomic E-state index is 12.2. The van der Waals surface area contributed by atoms with Crippen molar-refractivity contribution in [2.24, 2.45) is 0 Å². The molecule has 0 radical (unpaired) electrons. The lowest BCUT2D eigenvalue weighted by molar-refractivity contribution is -0.113. The van der Waals surface area contributed by atoms with Gasteiger partial charge in [-0.1, -0.05) is 47.1 Å². The minimum absolute atomic E-state index is 0.178. The summed E-state index contributed by atoms with van der Waals surface area (Å²) in [5, 5.41) is 15.6. The van der Waals surface area contributed by atoms with Gasteiger partial charge in [0.25, 0.3) is 0 Å².